The Bertz CT molecular complexity index is 1340. The van der Waals surface area contributed by atoms with Crippen molar-refractivity contribution in [3.05, 3.63) is 89.0 Å². The average molecular weight is 488 g/mol. The molecule has 1 fully saturated rings. The zero-order valence-electron chi connectivity index (χ0n) is 20.7. The number of rotatable bonds is 7. The molecule has 7 heteroatoms. The summed E-state index contributed by atoms with van der Waals surface area (Å²) in [7, 11) is 1.49. The average Bonchev–Trinajstić information content (AvgIpc) is 3.13. The van der Waals surface area contributed by atoms with Crippen molar-refractivity contribution in [2.75, 3.05) is 18.6 Å². The molecule has 4 rings (SSSR count). The Balaban J connectivity index is 1.90. The number of phenolic OH excluding ortho intramolecular Hbond substituents is 1. The third-order valence-corrected chi connectivity index (χ3v) is 6.04. The number of methoxy groups -OCH3 is 1. The van der Waals surface area contributed by atoms with Crippen LogP contribution in [0, 0.1) is 12.8 Å². The Kier molecular flexibility index (Phi) is 7.01. The van der Waals surface area contributed by atoms with Crippen LogP contribution in [0.25, 0.3) is 5.76 Å². The van der Waals surface area contributed by atoms with Gasteiger partial charge in [0.15, 0.2) is 0 Å². The molecular weight excluding hydrogens is 458 g/mol. The summed E-state index contributed by atoms with van der Waals surface area (Å²) in [5, 5.41) is 21.9. The number of aliphatic hydroxyl groups excluding tert-OH is 1. The number of ketones is 1. The molecule has 7 nitrogen and oxygen atoms in total. The van der Waals surface area contributed by atoms with Crippen LogP contribution >= 0.6 is 0 Å². The van der Waals surface area contributed by atoms with Gasteiger partial charge in [0.25, 0.3) is 11.7 Å². The van der Waals surface area contributed by atoms with E-state index in [2.05, 4.69) is 13.8 Å². The highest BCUT2D eigenvalue weighted by Crippen LogP contribution is 2.46. The number of ether oxygens (including phenoxy) is 2. The van der Waals surface area contributed by atoms with E-state index in [1.54, 1.807) is 60.7 Å². The fourth-order valence-electron chi connectivity index (χ4n) is 4.31. The van der Waals surface area contributed by atoms with Gasteiger partial charge >= 0.3 is 0 Å². The third kappa shape index (κ3) is 4.52. The lowest BCUT2D eigenvalue weighted by molar-refractivity contribution is -0.132. The van der Waals surface area contributed by atoms with E-state index in [0.29, 0.717) is 35.2 Å². The minimum Gasteiger partial charge on any atom is -0.507 e. The molecular formula is C29H29NO6. The van der Waals surface area contributed by atoms with Gasteiger partial charge in [0.2, 0.25) is 0 Å². The Morgan fingerprint density at radius 3 is 2.36 bits per heavy atom. The summed E-state index contributed by atoms with van der Waals surface area (Å²) in [6.45, 7) is 6.50. The van der Waals surface area contributed by atoms with Crippen molar-refractivity contribution in [2.45, 2.75) is 26.8 Å². The van der Waals surface area contributed by atoms with Crippen LogP contribution in [0.15, 0.2) is 72.3 Å². The quantitative estimate of drug-likeness (QED) is 0.264. The fraction of sp³-hybridized carbons (Fsp3) is 0.241. The predicted octanol–water partition coefficient (Wildman–Crippen LogP) is 5.37. The molecule has 1 unspecified atom stereocenters. The number of carbonyl (C=O) groups is 2. The zero-order chi connectivity index (χ0) is 26.0. The summed E-state index contributed by atoms with van der Waals surface area (Å²) in [6, 6.07) is 17.3. The summed E-state index contributed by atoms with van der Waals surface area (Å²) in [5.41, 5.74) is 1.71. The van der Waals surface area contributed by atoms with Crippen LogP contribution in [-0.4, -0.2) is 35.6 Å². The number of nitrogens with zero attached hydrogens (tertiary/aromatic N) is 1. The molecule has 1 heterocycles. The van der Waals surface area contributed by atoms with Gasteiger partial charge in [-0.05, 0) is 54.8 Å². The van der Waals surface area contributed by atoms with Gasteiger partial charge in [0, 0.05) is 11.1 Å². The summed E-state index contributed by atoms with van der Waals surface area (Å²) >= 11 is 0. The SMILES string of the molecule is COc1ccccc1C1/C(=C(\O)c2ccc(OCC(C)C)c(C)c2)C(=O)C(=O)N1c1ccccc1O. The van der Waals surface area contributed by atoms with Gasteiger partial charge in [-0.1, -0.05) is 44.2 Å². The Morgan fingerprint density at radius 1 is 1.00 bits per heavy atom. The van der Waals surface area contributed by atoms with E-state index in [0.717, 1.165) is 5.56 Å². The largest absolute Gasteiger partial charge is 0.507 e. The van der Waals surface area contributed by atoms with Gasteiger partial charge in [0.1, 0.15) is 23.0 Å². The number of anilines is 1. The van der Waals surface area contributed by atoms with E-state index < -0.39 is 17.7 Å². The molecule has 0 bridgehead atoms. The molecule has 0 spiro atoms. The van der Waals surface area contributed by atoms with Crippen LogP contribution in [0.5, 0.6) is 17.2 Å². The van der Waals surface area contributed by atoms with E-state index in [1.807, 2.05) is 6.92 Å². The van der Waals surface area contributed by atoms with Crippen molar-refractivity contribution in [3.63, 3.8) is 0 Å². The van der Waals surface area contributed by atoms with Gasteiger partial charge in [-0.3, -0.25) is 14.5 Å². The number of aryl methyl sites for hydroxylation is 1. The number of hydrogen-bond acceptors (Lipinski definition) is 6. The summed E-state index contributed by atoms with van der Waals surface area (Å²) in [5.74, 6) is -0.737. The van der Waals surface area contributed by atoms with Gasteiger partial charge in [-0.25, -0.2) is 0 Å². The number of carbonyl (C=O) groups excluding carboxylic acids is 2. The molecule has 1 atom stereocenters. The number of Topliss-reactive ketones (excluding diaryl/α,β-unsaturated/α-hetero) is 1. The van der Waals surface area contributed by atoms with Crippen molar-refractivity contribution in [1.82, 2.24) is 0 Å². The summed E-state index contributed by atoms with van der Waals surface area (Å²) in [4.78, 5) is 27.9. The van der Waals surface area contributed by atoms with Crippen LogP contribution in [-0.2, 0) is 9.59 Å². The maximum atomic E-state index is 13.4. The molecule has 3 aromatic carbocycles. The lowest BCUT2D eigenvalue weighted by atomic mass is 9.94. The van der Waals surface area contributed by atoms with Crippen molar-refractivity contribution < 1.29 is 29.3 Å². The molecule has 1 amide bonds. The monoisotopic (exact) mass is 487 g/mol. The summed E-state index contributed by atoms with van der Waals surface area (Å²) < 4.78 is 11.4. The number of para-hydroxylation sites is 3. The number of aromatic hydroxyl groups is 1. The zero-order valence-corrected chi connectivity index (χ0v) is 20.7. The first-order chi connectivity index (χ1) is 17.2. The van der Waals surface area contributed by atoms with Crippen LogP contribution < -0.4 is 14.4 Å². The Labute approximate surface area is 210 Å². The number of phenols is 1. The number of aliphatic hydroxyl groups is 1. The normalized spacial score (nSPS) is 17.0. The Hall–Kier alpha value is -4.26. The molecule has 36 heavy (non-hydrogen) atoms. The molecule has 0 aliphatic carbocycles. The lowest BCUT2D eigenvalue weighted by Gasteiger charge is -2.27. The van der Waals surface area contributed by atoms with E-state index in [4.69, 9.17) is 9.47 Å². The molecule has 0 aromatic heterocycles. The highest BCUT2D eigenvalue weighted by atomic mass is 16.5. The maximum Gasteiger partial charge on any atom is 0.300 e. The minimum atomic E-state index is -1.02. The fourth-order valence-corrected chi connectivity index (χ4v) is 4.31. The van der Waals surface area contributed by atoms with Crippen molar-refractivity contribution in [2.24, 2.45) is 5.92 Å². The molecule has 186 valence electrons. The van der Waals surface area contributed by atoms with Gasteiger partial charge in [-0.15, -0.1) is 0 Å². The molecule has 0 saturated carbocycles. The number of amides is 1. The van der Waals surface area contributed by atoms with Crippen molar-refractivity contribution in [3.8, 4) is 17.2 Å². The smallest absolute Gasteiger partial charge is 0.300 e. The van der Waals surface area contributed by atoms with Gasteiger partial charge in [-0.2, -0.15) is 0 Å². The second-order valence-electron chi connectivity index (χ2n) is 9.08. The third-order valence-electron chi connectivity index (χ3n) is 6.04. The first kappa shape index (κ1) is 24.9. The standard InChI is InChI=1S/C29H29NO6/c1-17(2)16-36-23-14-13-19(15-18(23)3)27(32)25-26(20-9-5-8-12-24(20)35-4)30(29(34)28(25)33)21-10-6-7-11-22(21)31/h5-15,17,26,31-32H,16H2,1-4H3/b27-25+. The Morgan fingerprint density at radius 2 is 1.69 bits per heavy atom. The second-order valence-corrected chi connectivity index (χ2v) is 9.08. The first-order valence-corrected chi connectivity index (χ1v) is 11.7. The van der Waals surface area contributed by atoms with E-state index in [9.17, 15) is 19.8 Å². The first-order valence-electron chi connectivity index (χ1n) is 11.7. The van der Waals surface area contributed by atoms with Crippen molar-refractivity contribution >= 4 is 23.1 Å². The topological polar surface area (TPSA) is 96.3 Å². The predicted molar refractivity (Wildman–Crippen MR) is 137 cm³/mol. The van der Waals surface area contributed by atoms with Crippen LogP contribution in [0.2, 0.25) is 0 Å². The lowest BCUT2D eigenvalue weighted by Crippen LogP contribution is -2.29. The number of hydrogen-bond donors (Lipinski definition) is 2. The minimum absolute atomic E-state index is 0.0944. The highest BCUT2D eigenvalue weighted by molar-refractivity contribution is 6.52. The molecule has 2 N–H and O–H groups in total. The molecule has 0 radical (unpaired) electrons. The molecule has 3 aromatic rings. The van der Waals surface area contributed by atoms with E-state index >= 15 is 0 Å². The van der Waals surface area contributed by atoms with Crippen LogP contribution in [0.3, 0.4) is 0 Å². The van der Waals surface area contributed by atoms with Gasteiger partial charge in [0.05, 0.1) is 31.0 Å². The van der Waals surface area contributed by atoms with E-state index in [1.165, 1.54) is 18.1 Å². The molecule has 1 aliphatic heterocycles. The van der Waals surface area contributed by atoms with Crippen molar-refractivity contribution in [1.29, 1.82) is 0 Å². The second kappa shape index (κ2) is 10.2. The van der Waals surface area contributed by atoms with Crippen LogP contribution in [0.1, 0.15) is 36.6 Å². The van der Waals surface area contributed by atoms with Gasteiger partial charge < -0.3 is 19.7 Å². The maximum absolute atomic E-state index is 13.4. The molecule has 1 saturated heterocycles. The summed E-state index contributed by atoms with van der Waals surface area (Å²) in [6.07, 6.45) is 0. The van der Waals surface area contributed by atoms with E-state index in [-0.39, 0.29) is 22.8 Å². The molecule has 1 aliphatic rings. The highest BCUT2D eigenvalue weighted by Gasteiger charge is 2.48. The van der Waals surface area contributed by atoms with Crippen LogP contribution in [0.4, 0.5) is 5.69 Å². The number of benzene rings is 3.